The predicted molar refractivity (Wildman–Crippen MR) is 531 cm³/mol. The molecule has 0 spiro atoms. The van der Waals surface area contributed by atoms with Crippen LogP contribution in [0.4, 0.5) is 28.4 Å². The van der Waals surface area contributed by atoms with Gasteiger partial charge in [0.05, 0.1) is 117 Å². The number of benzene rings is 5. The highest BCUT2D eigenvalue weighted by atomic mass is 32.1. The van der Waals surface area contributed by atoms with E-state index in [-0.39, 0.29) is 0 Å². The Labute approximate surface area is 760 Å². The highest BCUT2D eigenvalue weighted by Gasteiger charge is 2.20. The highest BCUT2D eigenvalue weighted by Crippen LogP contribution is 2.33. The van der Waals surface area contributed by atoms with Crippen LogP contribution in [0.15, 0.2) is 269 Å². The van der Waals surface area contributed by atoms with E-state index in [4.69, 9.17) is 47.3 Å². The normalized spacial score (nSPS) is 16.3. The summed E-state index contributed by atoms with van der Waals surface area (Å²) in [6.45, 7) is 22.3. The Morgan fingerprint density at radius 3 is 1.14 bits per heavy atom. The molecule has 0 aliphatic carbocycles. The molecule has 4 fully saturated rings. The molecule has 10 aromatic heterocycles. The number of nitrogens with zero attached hydrogens (tertiary/aromatic N) is 15. The summed E-state index contributed by atoms with van der Waals surface area (Å²) in [4.78, 5) is 38.0. The molecule has 1 atom stereocenters. The number of amidine groups is 5. The molecule has 5 aromatic carbocycles. The Kier molecular flexibility index (Phi) is 32.9. The number of fused-ring (bicyclic) bond motifs is 5. The molecule has 0 bridgehead atoms. The molecule has 664 valence electrons. The van der Waals surface area contributed by atoms with Gasteiger partial charge in [-0.1, -0.05) is 48.5 Å². The first-order valence-electron chi connectivity index (χ1n) is 44.3. The van der Waals surface area contributed by atoms with Gasteiger partial charge in [-0.15, -0.1) is 34.0 Å². The quantitative estimate of drug-likeness (QED) is 0.0173. The SMILES string of the molecule is CN(C)CCCCn1ccc2ccc(N=C(N)c3cccs3)cc21.CN1CCCC(n2ccc3ccc(N=C(N)c4cccs4)cc32)CC1.NC(=Nc1ccc2ccn(CCCN3CCOCC3)c2c1)c1ccco1.NC(=Nc1ccc2ccn(CCCN3CCOCC3)c2c1)c1cccs1.NC(=Nc1ccc2ccn(CCCN3CCOCC3)c2c1)c1ccsc1. The Hall–Kier alpha value is -11.1. The van der Waals surface area contributed by atoms with E-state index in [1.807, 2.05) is 106 Å². The number of rotatable bonds is 28. The van der Waals surface area contributed by atoms with Crippen LogP contribution in [-0.4, -0.2) is 216 Å². The van der Waals surface area contributed by atoms with Crippen molar-refractivity contribution in [1.29, 1.82) is 0 Å². The van der Waals surface area contributed by atoms with Gasteiger partial charge in [0.1, 0.15) is 23.3 Å². The number of aryl methyl sites for hydroxylation is 4. The summed E-state index contributed by atoms with van der Waals surface area (Å²) in [5.74, 6) is 3.28. The van der Waals surface area contributed by atoms with Gasteiger partial charge in [-0.05, 0) is 268 Å². The molecule has 19 rings (SSSR count). The molecule has 15 aromatic rings. The minimum absolute atomic E-state index is 0.389. The van der Waals surface area contributed by atoms with Crippen LogP contribution < -0.4 is 28.7 Å². The smallest absolute Gasteiger partial charge is 0.168 e. The lowest BCUT2D eigenvalue weighted by molar-refractivity contribution is 0.0369. The topological polar surface area (TPSA) is 274 Å². The fourth-order valence-corrected chi connectivity index (χ4v) is 19.0. The van der Waals surface area contributed by atoms with Crippen molar-refractivity contribution < 1.29 is 18.6 Å². The van der Waals surface area contributed by atoms with Crippen molar-refractivity contribution in [3.63, 3.8) is 0 Å². The number of aromatic nitrogens is 5. The molecule has 0 saturated carbocycles. The second-order valence-electron chi connectivity index (χ2n) is 32.7. The van der Waals surface area contributed by atoms with E-state index >= 15 is 0 Å². The third kappa shape index (κ3) is 25.9. The van der Waals surface area contributed by atoms with Crippen LogP contribution in [0.1, 0.15) is 83.4 Å². The second-order valence-corrected chi connectivity index (χ2v) is 36.3. The van der Waals surface area contributed by atoms with Crippen molar-refractivity contribution in [2.75, 3.05) is 139 Å². The number of unbranched alkanes of at least 4 members (excludes halogenated alkanes) is 1. The Bertz CT molecular complexity index is 5680. The molecule has 0 radical (unpaired) electrons. The summed E-state index contributed by atoms with van der Waals surface area (Å²) in [5, 5.41) is 16.3. The number of ether oxygens (including phenoxy) is 3. The van der Waals surface area contributed by atoms with Crippen LogP contribution in [0.3, 0.4) is 0 Å². The molecule has 4 aliphatic rings. The average molecular weight is 1780 g/mol. The Balaban J connectivity index is 0.000000122. The lowest BCUT2D eigenvalue weighted by Crippen LogP contribution is -2.37. The minimum atomic E-state index is 0.389. The van der Waals surface area contributed by atoms with E-state index in [1.165, 1.54) is 93.2 Å². The highest BCUT2D eigenvalue weighted by molar-refractivity contribution is 7.12. The van der Waals surface area contributed by atoms with Crippen LogP contribution in [0.25, 0.3) is 54.5 Å². The number of hydrogen-bond acceptors (Lipinski definition) is 18. The van der Waals surface area contributed by atoms with E-state index in [9.17, 15) is 0 Å². The van der Waals surface area contributed by atoms with Crippen molar-refractivity contribution in [1.82, 2.24) is 47.3 Å². The molecule has 28 heteroatoms. The summed E-state index contributed by atoms with van der Waals surface area (Å²) in [6.07, 6.45) is 21.9. The second kappa shape index (κ2) is 46.1. The van der Waals surface area contributed by atoms with Gasteiger partial charge in [0.25, 0.3) is 0 Å². The molecule has 4 saturated heterocycles. The summed E-state index contributed by atoms with van der Waals surface area (Å²) >= 11 is 6.47. The minimum Gasteiger partial charge on any atom is -0.461 e. The van der Waals surface area contributed by atoms with Crippen LogP contribution in [0.2, 0.25) is 0 Å². The molecule has 4 aliphatic heterocycles. The van der Waals surface area contributed by atoms with Crippen LogP contribution in [0.5, 0.6) is 0 Å². The summed E-state index contributed by atoms with van der Waals surface area (Å²) in [6, 6.07) is 60.4. The van der Waals surface area contributed by atoms with Gasteiger partial charge in [-0.2, -0.15) is 11.3 Å². The first-order chi connectivity index (χ1) is 62.2. The molecule has 127 heavy (non-hydrogen) atoms. The molecular weight excluding hydrogens is 1660 g/mol. The number of likely N-dealkylation sites (tertiary alicyclic amines) is 1. The van der Waals surface area contributed by atoms with Gasteiger partial charge in [0.15, 0.2) is 11.6 Å². The molecular formula is C99H120N20O4S4. The van der Waals surface area contributed by atoms with Crippen molar-refractivity contribution in [3.05, 3.63) is 266 Å². The summed E-state index contributed by atoms with van der Waals surface area (Å²) in [5.41, 5.74) is 42.1. The summed E-state index contributed by atoms with van der Waals surface area (Å²) < 4.78 is 33.2. The molecule has 10 N–H and O–H groups in total. The van der Waals surface area contributed by atoms with Crippen LogP contribution in [-0.2, 0) is 40.4 Å². The summed E-state index contributed by atoms with van der Waals surface area (Å²) in [7, 11) is 6.46. The largest absolute Gasteiger partial charge is 0.461 e. The maximum absolute atomic E-state index is 6.16. The predicted octanol–water partition coefficient (Wildman–Crippen LogP) is 18.4. The molecule has 0 amide bonds. The standard InChI is InChI=1S/C20H24N4O2.2C20H24N4OS.C20H24N4S.C19H24N4S/c21-20(19-3-1-12-26-19)22-17-5-4-16-6-9-24(18(16)15-17)8-2-7-23-10-13-25-14-11-23;21-20(17-5-13-26-15-17)22-18-3-2-16-4-8-24(19(16)14-18)7-1-6-23-9-11-25-12-10-23;21-20(19-3-1-14-26-19)22-17-5-4-16-6-9-24(18(16)15-17)8-2-7-23-10-12-25-13-11-23;1-23-10-2-4-17(9-11-23)24-12-8-15-6-7-16(14-18(15)24)22-20(21)19-5-3-13-25-19;1-22(2)10-3-4-11-23-12-9-15-7-8-16(14-17(15)23)21-19(20)18-6-5-13-24-18/h1,3-6,9,12,15H,2,7-8,10-11,13-14H2,(H2,21,22);2-5,8,13-15H,1,6-7,9-12H2,(H2,21,22);1,3-6,9,14-15H,2,7-8,10-13H2,(H2,21,22);3,5-8,12-14,17H,2,4,9-11H2,1H3,(H2,21,22);5-9,12-14H,3-4,10-11H2,1-2H3,(H2,20,21). The van der Waals surface area contributed by atoms with Crippen molar-refractivity contribution >= 4 is 157 Å². The third-order valence-electron chi connectivity index (χ3n) is 23.4. The van der Waals surface area contributed by atoms with E-state index in [0.717, 1.165) is 206 Å². The van der Waals surface area contributed by atoms with E-state index in [1.54, 1.807) is 57.7 Å². The molecule has 14 heterocycles. The van der Waals surface area contributed by atoms with Gasteiger partial charge in [0, 0.05) is 133 Å². The zero-order valence-corrected chi connectivity index (χ0v) is 76.5. The number of hydrogen-bond donors (Lipinski definition) is 5. The van der Waals surface area contributed by atoms with Crippen LogP contribution in [0, 0.1) is 0 Å². The zero-order valence-electron chi connectivity index (χ0n) is 73.2. The van der Waals surface area contributed by atoms with E-state index in [2.05, 4.69) is 215 Å². The Morgan fingerprint density at radius 1 is 0.378 bits per heavy atom. The number of furan rings is 1. The first-order valence-corrected chi connectivity index (χ1v) is 47.9. The number of morpholine rings is 3. The van der Waals surface area contributed by atoms with Gasteiger partial charge in [-0.25, -0.2) is 25.0 Å². The average Bonchev–Trinajstić information content (AvgIpc) is 1.69. The monoisotopic (exact) mass is 1780 g/mol. The van der Waals surface area contributed by atoms with Crippen molar-refractivity contribution in [2.45, 2.75) is 83.6 Å². The van der Waals surface area contributed by atoms with Crippen molar-refractivity contribution in [3.8, 4) is 0 Å². The number of nitrogens with two attached hydrogens (primary N) is 5. The Morgan fingerprint density at radius 2 is 0.764 bits per heavy atom. The van der Waals surface area contributed by atoms with Crippen molar-refractivity contribution in [2.24, 2.45) is 53.6 Å². The fraction of sp³-hybridized carbons (Fsp3) is 0.343. The van der Waals surface area contributed by atoms with Crippen LogP contribution >= 0.6 is 45.3 Å². The maximum atomic E-state index is 6.16. The third-order valence-corrected chi connectivity index (χ3v) is 26.8. The van der Waals surface area contributed by atoms with E-state index in [0.29, 0.717) is 41.0 Å². The van der Waals surface area contributed by atoms with Gasteiger partial charge >= 0.3 is 0 Å². The van der Waals surface area contributed by atoms with Gasteiger partial charge in [-0.3, -0.25) is 14.7 Å². The molecule has 1 unspecified atom stereocenters. The number of aliphatic imine (C=N–C) groups is 5. The van der Waals surface area contributed by atoms with Gasteiger partial charge in [0.2, 0.25) is 0 Å². The zero-order chi connectivity index (χ0) is 87.5. The maximum Gasteiger partial charge on any atom is 0.168 e. The lowest BCUT2D eigenvalue weighted by Gasteiger charge is -2.26. The number of thiophene rings is 4. The van der Waals surface area contributed by atoms with E-state index < -0.39 is 0 Å². The first kappa shape index (κ1) is 90.7. The fourth-order valence-electron chi connectivity index (χ4n) is 16.4. The van der Waals surface area contributed by atoms with Gasteiger partial charge < -0.3 is 79.9 Å². The molecule has 24 nitrogen and oxygen atoms in total. The lowest BCUT2D eigenvalue weighted by atomic mass is 10.1.